The molecule has 1 fully saturated rings. The molecule has 0 saturated carbocycles. The van der Waals surface area contributed by atoms with Crippen molar-refractivity contribution in [2.24, 2.45) is 5.14 Å². The van der Waals surface area contributed by atoms with Crippen LogP contribution < -0.4 is 5.14 Å². The third kappa shape index (κ3) is 3.25. The van der Waals surface area contributed by atoms with Gasteiger partial charge in [-0.25, -0.2) is 10.1 Å². The van der Waals surface area contributed by atoms with Crippen LogP contribution in [0, 0.1) is 5.95 Å². The van der Waals surface area contributed by atoms with Gasteiger partial charge in [0.15, 0.2) is 0 Å². The van der Waals surface area contributed by atoms with Gasteiger partial charge in [-0.05, 0) is 12.1 Å². The minimum atomic E-state index is -3.71. The summed E-state index contributed by atoms with van der Waals surface area (Å²) in [5.74, 6) is -0.961. The Labute approximate surface area is 110 Å². The maximum Gasteiger partial charge on any atom is 0.277 e. The van der Waals surface area contributed by atoms with Gasteiger partial charge in [0.1, 0.15) is 0 Å². The van der Waals surface area contributed by atoms with Crippen molar-refractivity contribution in [2.75, 3.05) is 26.2 Å². The fourth-order valence-electron chi connectivity index (χ4n) is 1.83. The summed E-state index contributed by atoms with van der Waals surface area (Å²) in [5, 5.41) is 5.00. The molecule has 1 aromatic rings. The Morgan fingerprint density at radius 1 is 1.26 bits per heavy atom. The first-order valence-electron chi connectivity index (χ1n) is 5.56. The maximum atomic E-state index is 12.7. The third-order valence-corrected chi connectivity index (χ3v) is 3.95. The lowest BCUT2D eigenvalue weighted by Gasteiger charge is -2.32. The molecule has 19 heavy (non-hydrogen) atoms. The molecule has 9 heteroatoms. The summed E-state index contributed by atoms with van der Waals surface area (Å²) >= 11 is 0. The van der Waals surface area contributed by atoms with Crippen LogP contribution in [0.5, 0.6) is 0 Å². The van der Waals surface area contributed by atoms with Gasteiger partial charge < -0.3 is 4.90 Å². The molecule has 0 aliphatic carbocycles. The molecular formula is C10H13FN4O3S. The molecule has 104 valence electrons. The van der Waals surface area contributed by atoms with E-state index < -0.39 is 16.2 Å². The summed E-state index contributed by atoms with van der Waals surface area (Å²) < 4.78 is 36.0. The molecule has 0 atom stereocenters. The summed E-state index contributed by atoms with van der Waals surface area (Å²) in [6.45, 7) is 0.789. The maximum absolute atomic E-state index is 12.7. The predicted octanol–water partition coefficient (Wildman–Crippen LogP) is -0.818. The molecule has 0 spiro atoms. The van der Waals surface area contributed by atoms with Crippen LogP contribution in [0.2, 0.25) is 0 Å². The Morgan fingerprint density at radius 2 is 1.89 bits per heavy atom. The van der Waals surface area contributed by atoms with Crippen molar-refractivity contribution in [3.63, 3.8) is 0 Å². The molecule has 0 unspecified atom stereocenters. The van der Waals surface area contributed by atoms with Crippen molar-refractivity contribution in [2.45, 2.75) is 0 Å². The number of pyridine rings is 1. The Kier molecular flexibility index (Phi) is 3.78. The Morgan fingerprint density at radius 3 is 2.37 bits per heavy atom. The zero-order chi connectivity index (χ0) is 14.0. The van der Waals surface area contributed by atoms with E-state index in [1.807, 2.05) is 0 Å². The van der Waals surface area contributed by atoms with Crippen LogP contribution >= 0.6 is 0 Å². The largest absolute Gasteiger partial charge is 0.336 e. The van der Waals surface area contributed by atoms with Crippen molar-refractivity contribution >= 4 is 16.1 Å². The number of nitrogens with two attached hydrogens (primary N) is 1. The van der Waals surface area contributed by atoms with Crippen LogP contribution in [0.15, 0.2) is 18.3 Å². The number of carbonyl (C=O) groups is 1. The van der Waals surface area contributed by atoms with E-state index in [1.165, 1.54) is 11.0 Å². The van der Waals surface area contributed by atoms with E-state index in [1.54, 1.807) is 0 Å². The molecule has 1 saturated heterocycles. The fraction of sp³-hybridized carbons (Fsp3) is 0.400. The van der Waals surface area contributed by atoms with E-state index in [2.05, 4.69) is 4.98 Å². The second kappa shape index (κ2) is 5.19. The second-order valence-electron chi connectivity index (χ2n) is 4.11. The summed E-state index contributed by atoms with van der Waals surface area (Å²) in [7, 11) is -3.71. The van der Waals surface area contributed by atoms with Crippen LogP contribution in [-0.4, -0.2) is 54.7 Å². The molecule has 1 amide bonds. The third-order valence-electron chi connectivity index (χ3n) is 2.86. The van der Waals surface area contributed by atoms with Crippen LogP contribution in [0.4, 0.5) is 4.39 Å². The highest BCUT2D eigenvalue weighted by molar-refractivity contribution is 7.86. The number of nitrogens with zero attached hydrogens (tertiary/aromatic N) is 3. The van der Waals surface area contributed by atoms with Crippen LogP contribution in [0.1, 0.15) is 10.4 Å². The first kappa shape index (κ1) is 13.8. The van der Waals surface area contributed by atoms with E-state index in [-0.39, 0.29) is 37.6 Å². The highest BCUT2D eigenvalue weighted by Gasteiger charge is 2.27. The van der Waals surface area contributed by atoms with Crippen LogP contribution in [0.25, 0.3) is 0 Å². The number of hydrogen-bond donors (Lipinski definition) is 1. The van der Waals surface area contributed by atoms with Crippen molar-refractivity contribution in [3.05, 3.63) is 29.8 Å². The average Bonchev–Trinajstić information content (AvgIpc) is 2.38. The van der Waals surface area contributed by atoms with Gasteiger partial charge in [0.05, 0.1) is 5.56 Å². The van der Waals surface area contributed by atoms with E-state index >= 15 is 0 Å². The predicted molar refractivity (Wildman–Crippen MR) is 64.8 cm³/mol. The van der Waals surface area contributed by atoms with E-state index in [9.17, 15) is 17.6 Å². The molecule has 7 nitrogen and oxygen atoms in total. The van der Waals surface area contributed by atoms with Gasteiger partial charge in [-0.1, -0.05) is 0 Å². The van der Waals surface area contributed by atoms with Gasteiger partial charge in [0.2, 0.25) is 5.95 Å². The quantitative estimate of drug-likeness (QED) is 0.719. The van der Waals surface area contributed by atoms with Gasteiger partial charge in [-0.3, -0.25) is 4.79 Å². The number of hydrogen-bond acceptors (Lipinski definition) is 4. The number of aromatic nitrogens is 1. The first-order chi connectivity index (χ1) is 8.88. The Balaban J connectivity index is 2.02. The fourth-order valence-corrected chi connectivity index (χ4v) is 2.50. The Bertz CT molecular complexity index is 567. The smallest absolute Gasteiger partial charge is 0.277 e. The number of amides is 1. The number of carbonyl (C=O) groups excluding carboxylic acids is 1. The van der Waals surface area contributed by atoms with Gasteiger partial charge in [-0.15, -0.1) is 0 Å². The molecule has 2 heterocycles. The molecule has 1 aliphatic heterocycles. The number of halogens is 1. The zero-order valence-corrected chi connectivity index (χ0v) is 10.8. The van der Waals surface area contributed by atoms with Gasteiger partial charge in [-0.2, -0.15) is 17.1 Å². The molecule has 0 aromatic carbocycles. The topological polar surface area (TPSA) is 96.6 Å². The van der Waals surface area contributed by atoms with Crippen molar-refractivity contribution in [1.29, 1.82) is 0 Å². The molecule has 2 rings (SSSR count). The zero-order valence-electron chi connectivity index (χ0n) is 9.99. The van der Waals surface area contributed by atoms with Gasteiger partial charge >= 0.3 is 0 Å². The number of rotatable bonds is 2. The minimum absolute atomic E-state index is 0.152. The van der Waals surface area contributed by atoms with Crippen molar-refractivity contribution in [3.8, 4) is 0 Å². The molecule has 1 aliphatic rings. The standard InChI is InChI=1S/C10H13FN4O3S/c11-9-2-1-8(7-13-9)10(16)14-3-5-15(6-4-14)19(12,17)18/h1-2,7H,3-6H2,(H2,12,17,18). The first-order valence-corrected chi connectivity index (χ1v) is 7.07. The Hall–Kier alpha value is -1.58. The molecule has 0 radical (unpaired) electrons. The average molecular weight is 288 g/mol. The van der Waals surface area contributed by atoms with E-state index in [4.69, 9.17) is 5.14 Å². The van der Waals surface area contributed by atoms with Crippen LogP contribution in [-0.2, 0) is 10.2 Å². The second-order valence-corrected chi connectivity index (χ2v) is 5.65. The van der Waals surface area contributed by atoms with Crippen molar-refractivity contribution < 1.29 is 17.6 Å². The van der Waals surface area contributed by atoms with Crippen molar-refractivity contribution in [1.82, 2.24) is 14.2 Å². The SMILES string of the molecule is NS(=O)(=O)N1CCN(C(=O)c2ccc(F)nc2)CC1. The molecular weight excluding hydrogens is 275 g/mol. The van der Waals surface area contributed by atoms with Gasteiger partial charge in [0.25, 0.3) is 16.1 Å². The highest BCUT2D eigenvalue weighted by Crippen LogP contribution is 2.09. The highest BCUT2D eigenvalue weighted by atomic mass is 32.2. The summed E-state index contributed by atoms with van der Waals surface area (Å²) in [6, 6.07) is 2.45. The summed E-state index contributed by atoms with van der Waals surface area (Å²) in [4.78, 5) is 16.9. The van der Waals surface area contributed by atoms with E-state index in [0.29, 0.717) is 0 Å². The van der Waals surface area contributed by atoms with E-state index in [0.717, 1.165) is 16.6 Å². The number of piperazine rings is 1. The van der Waals surface area contributed by atoms with Gasteiger partial charge in [0, 0.05) is 32.4 Å². The molecule has 1 aromatic heterocycles. The monoisotopic (exact) mass is 288 g/mol. The van der Waals surface area contributed by atoms with Crippen LogP contribution in [0.3, 0.4) is 0 Å². The minimum Gasteiger partial charge on any atom is -0.336 e. The lowest BCUT2D eigenvalue weighted by atomic mass is 10.2. The lowest BCUT2D eigenvalue weighted by molar-refractivity contribution is 0.0697. The summed E-state index contributed by atoms with van der Waals surface area (Å²) in [5.41, 5.74) is 0.269. The normalized spacial score (nSPS) is 17.5. The molecule has 0 bridgehead atoms. The molecule has 2 N–H and O–H groups in total. The summed E-state index contributed by atoms with van der Waals surface area (Å²) in [6.07, 6.45) is 1.16. The lowest BCUT2D eigenvalue weighted by Crippen LogP contribution is -2.52.